The molecular formula is C46H47IO6SSi. The normalized spacial score (nSPS) is 22.3. The van der Waals surface area contributed by atoms with E-state index < -0.39 is 38.3 Å². The Bertz CT molecular complexity index is 2160. The predicted octanol–water partition coefficient (Wildman–Crippen LogP) is 10.1. The molecule has 1 saturated heterocycles. The van der Waals surface area contributed by atoms with Crippen molar-refractivity contribution >= 4 is 56.6 Å². The first-order valence-corrected chi connectivity index (χ1v) is 24.3. The van der Waals surface area contributed by atoms with E-state index in [9.17, 15) is 0 Å². The van der Waals surface area contributed by atoms with Crippen LogP contribution in [0.15, 0.2) is 133 Å². The number of hydrogen-bond acceptors (Lipinski definition) is 7. The quantitative estimate of drug-likeness (QED) is 0.0803. The van der Waals surface area contributed by atoms with Gasteiger partial charge in [0, 0.05) is 23.7 Å². The highest BCUT2D eigenvalue weighted by atomic mass is 127. The molecule has 1 fully saturated rings. The van der Waals surface area contributed by atoms with Crippen molar-refractivity contribution in [3.63, 3.8) is 0 Å². The van der Waals surface area contributed by atoms with Crippen LogP contribution >= 0.6 is 33.9 Å². The molecule has 0 amide bonds. The molecule has 1 aromatic heterocycles. The Labute approximate surface area is 342 Å². The molecule has 0 bridgehead atoms. The summed E-state index contributed by atoms with van der Waals surface area (Å²) in [7, 11) is -1.58. The number of benzene rings is 5. The molecule has 0 unspecified atom stereocenters. The monoisotopic (exact) mass is 882 g/mol. The molecule has 1 spiro atoms. The first-order chi connectivity index (χ1) is 26.8. The van der Waals surface area contributed by atoms with Gasteiger partial charge in [0.25, 0.3) is 0 Å². The highest BCUT2D eigenvalue weighted by Gasteiger charge is 2.61. The van der Waals surface area contributed by atoms with Gasteiger partial charge < -0.3 is 28.4 Å². The van der Waals surface area contributed by atoms with E-state index in [2.05, 4.69) is 103 Å². The molecule has 6 aromatic rings. The molecule has 2 aliphatic rings. The molecular weight excluding hydrogens is 836 g/mol. The van der Waals surface area contributed by atoms with Gasteiger partial charge in [-0.05, 0) is 62.5 Å². The van der Waals surface area contributed by atoms with Gasteiger partial charge in [-0.15, -0.1) is 11.3 Å². The molecule has 0 radical (unpaired) electrons. The second-order valence-electron chi connectivity index (χ2n) is 15.4. The largest absolute Gasteiger partial charge is 0.374 e. The third-order valence-electron chi connectivity index (χ3n) is 10.3. The van der Waals surface area contributed by atoms with Gasteiger partial charge in [-0.1, -0.05) is 141 Å². The van der Waals surface area contributed by atoms with Crippen molar-refractivity contribution in [1.82, 2.24) is 0 Å². The van der Waals surface area contributed by atoms with Crippen molar-refractivity contribution in [3.8, 4) is 0 Å². The van der Waals surface area contributed by atoms with E-state index >= 15 is 0 Å². The number of thiophene rings is 1. The van der Waals surface area contributed by atoms with Crippen molar-refractivity contribution in [2.75, 3.05) is 6.61 Å². The highest BCUT2D eigenvalue weighted by Crippen LogP contribution is 2.50. The fourth-order valence-corrected chi connectivity index (χ4v) is 14.1. The molecule has 2 aliphatic heterocycles. The van der Waals surface area contributed by atoms with Crippen LogP contribution in [-0.2, 0) is 67.2 Å². The van der Waals surface area contributed by atoms with Gasteiger partial charge in [0.05, 0.1) is 47.7 Å². The van der Waals surface area contributed by atoms with E-state index in [0.29, 0.717) is 33.0 Å². The molecule has 9 heteroatoms. The minimum atomic E-state index is -1.58. The Hall–Kier alpha value is -3.23. The number of halogens is 1. The van der Waals surface area contributed by atoms with E-state index in [1.165, 1.54) is 18.2 Å². The lowest BCUT2D eigenvalue weighted by atomic mass is 9.86. The topological polar surface area (TPSA) is 55.4 Å². The number of rotatable bonds is 14. The summed E-state index contributed by atoms with van der Waals surface area (Å²) in [5.74, 6) is -1.28. The van der Waals surface area contributed by atoms with Crippen LogP contribution in [0.4, 0.5) is 0 Å². The Morgan fingerprint density at radius 2 is 1.18 bits per heavy atom. The SMILES string of the molecule is C[Si](C)(C)c1sc2cc3c(cc2c1I)[C@]1(OC3)O[C@H](COCc2ccccc2)[C@H](OCc2ccccc2)[C@H](OCc2ccccc2)[C@H]1OCc1ccccc1. The molecule has 5 atom stereocenters. The van der Waals surface area contributed by atoms with Gasteiger partial charge in [0.1, 0.15) is 24.4 Å². The standard InChI is InChI=1S/C46H47IO6SSi/c1-55(2,3)45-41(47)37-25-38-36(24-40(37)54-45)30-52-46(38)44(51-29-35-22-14-7-15-23-35)43(50-28-34-20-12-6-13-21-34)42(49-27-33-18-10-5-11-19-33)39(53-46)31-48-26-32-16-8-4-9-17-32/h4-25,39,42-44H,26-31H2,1-3H3/t39-,42+,43+,44-,46+/m1/s1. The summed E-state index contributed by atoms with van der Waals surface area (Å²) in [5.41, 5.74) is 6.35. The average Bonchev–Trinajstić information content (AvgIpc) is 3.73. The molecule has 0 saturated carbocycles. The zero-order chi connectivity index (χ0) is 37.8. The number of fused-ring (bicyclic) bond motifs is 3. The van der Waals surface area contributed by atoms with E-state index in [1.807, 2.05) is 84.1 Å². The second-order valence-corrected chi connectivity index (χ2v) is 22.8. The lowest BCUT2D eigenvalue weighted by Crippen LogP contribution is -2.65. The van der Waals surface area contributed by atoms with E-state index in [-0.39, 0.29) is 6.61 Å². The lowest BCUT2D eigenvalue weighted by molar-refractivity contribution is -0.387. The van der Waals surface area contributed by atoms with Crippen LogP contribution in [0, 0.1) is 3.57 Å². The molecule has 284 valence electrons. The Balaban J connectivity index is 1.24. The fourth-order valence-electron chi connectivity index (χ4n) is 7.51. The van der Waals surface area contributed by atoms with Crippen LogP contribution in [0.2, 0.25) is 19.6 Å². The van der Waals surface area contributed by atoms with Crippen molar-refractivity contribution < 1.29 is 28.4 Å². The van der Waals surface area contributed by atoms with Gasteiger partial charge in [0.2, 0.25) is 5.79 Å². The summed E-state index contributed by atoms with van der Waals surface area (Å²) in [4.78, 5) is 0. The highest BCUT2D eigenvalue weighted by molar-refractivity contribution is 14.1. The summed E-state index contributed by atoms with van der Waals surface area (Å²) in [6, 6.07) is 45.6. The predicted molar refractivity (Wildman–Crippen MR) is 230 cm³/mol. The smallest absolute Gasteiger partial charge is 0.226 e. The van der Waals surface area contributed by atoms with E-state index in [1.54, 1.807) is 0 Å². The van der Waals surface area contributed by atoms with Crippen molar-refractivity contribution in [2.24, 2.45) is 0 Å². The average molecular weight is 883 g/mol. The molecule has 3 heterocycles. The Kier molecular flexibility index (Phi) is 12.0. The lowest BCUT2D eigenvalue weighted by Gasteiger charge is -2.51. The summed E-state index contributed by atoms with van der Waals surface area (Å²) in [6.07, 6.45) is -2.38. The van der Waals surface area contributed by atoms with Gasteiger partial charge in [-0.25, -0.2) is 0 Å². The van der Waals surface area contributed by atoms with Crippen LogP contribution in [0.5, 0.6) is 0 Å². The minimum absolute atomic E-state index is 0.267. The van der Waals surface area contributed by atoms with E-state index in [4.69, 9.17) is 28.4 Å². The Morgan fingerprint density at radius 3 is 1.73 bits per heavy atom. The minimum Gasteiger partial charge on any atom is -0.374 e. The molecule has 5 aromatic carbocycles. The third-order valence-corrected chi connectivity index (χ3v) is 17.0. The zero-order valence-corrected chi connectivity index (χ0v) is 35.5. The summed E-state index contributed by atoms with van der Waals surface area (Å²) in [5, 5.41) is 1.23. The maximum atomic E-state index is 7.38. The first-order valence-electron chi connectivity index (χ1n) is 18.9. The van der Waals surface area contributed by atoms with Gasteiger partial charge in [-0.3, -0.25) is 0 Å². The van der Waals surface area contributed by atoms with Crippen LogP contribution in [0.25, 0.3) is 10.1 Å². The zero-order valence-electron chi connectivity index (χ0n) is 31.5. The molecule has 6 nitrogen and oxygen atoms in total. The Morgan fingerprint density at radius 1 is 0.673 bits per heavy atom. The molecule has 0 N–H and O–H groups in total. The van der Waals surface area contributed by atoms with Gasteiger partial charge in [0.15, 0.2) is 0 Å². The second kappa shape index (κ2) is 17.1. The summed E-state index contributed by atoms with van der Waals surface area (Å²) in [6.45, 7) is 9.43. The maximum absolute atomic E-state index is 7.38. The van der Waals surface area contributed by atoms with Crippen LogP contribution < -0.4 is 4.50 Å². The first kappa shape index (κ1) is 38.6. The number of ether oxygens (including phenoxy) is 6. The molecule has 0 aliphatic carbocycles. The third kappa shape index (κ3) is 8.56. The number of hydrogen-bond donors (Lipinski definition) is 0. The summed E-state index contributed by atoms with van der Waals surface area (Å²) >= 11 is 4.48. The fraction of sp³-hybridized carbons (Fsp3) is 0.304. The van der Waals surface area contributed by atoms with Crippen LogP contribution in [0.1, 0.15) is 33.4 Å². The van der Waals surface area contributed by atoms with Crippen molar-refractivity contribution in [1.29, 1.82) is 0 Å². The van der Waals surface area contributed by atoms with Crippen LogP contribution in [-0.4, -0.2) is 39.1 Å². The molecule has 8 rings (SSSR count). The van der Waals surface area contributed by atoms with Crippen molar-refractivity contribution in [2.45, 2.75) is 82.9 Å². The summed E-state index contributed by atoms with van der Waals surface area (Å²) < 4.78 is 46.0. The molecule has 55 heavy (non-hydrogen) atoms. The van der Waals surface area contributed by atoms with E-state index in [0.717, 1.165) is 33.4 Å². The van der Waals surface area contributed by atoms with Gasteiger partial charge >= 0.3 is 0 Å². The van der Waals surface area contributed by atoms with Crippen LogP contribution in [0.3, 0.4) is 0 Å². The van der Waals surface area contributed by atoms with Gasteiger partial charge in [-0.2, -0.15) is 0 Å². The van der Waals surface area contributed by atoms with Crippen molar-refractivity contribution in [3.05, 3.63) is 170 Å². The maximum Gasteiger partial charge on any atom is 0.226 e.